The van der Waals surface area contributed by atoms with Crippen LogP contribution < -0.4 is 10.1 Å². The van der Waals surface area contributed by atoms with Gasteiger partial charge in [-0.05, 0) is 42.7 Å². The van der Waals surface area contributed by atoms with Crippen LogP contribution in [0.15, 0.2) is 42.6 Å². The third kappa shape index (κ3) is 3.72. The van der Waals surface area contributed by atoms with Gasteiger partial charge in [-0.2, -0.15) is 0 Å². The number of fused-ring (bicyclic) bond motifs is 1. The van der Waals surface area contributed by atoms with E-state index in [1.807, 2.05) is 56.3 Å². The topological polar surface area (TPSA) is 58.6 Å². The molecular formula is C22H24N2O3. The second-order valence-corrected chi connectivity index (χ2v) is 6.73. The third-order valence-electron chi connectivity index (χ3n) is 4.93. The van der Waals surface area contributed by atoms with Gasteiger partial charge in [-0.3, -0.25) is 9.59 Å². The smallest absolute Gasteiger partial charge is 0.226 e. The molecule has 1 N–H and O–H groups in total. The van der Waals surface area contributed by atoms with Crippen molar-refractivity contribution in [2.24, 2.45) is 0 Å². The first-order valence-electron chi connectivity index (χ1n) is 8.92. The minimum absolute atomic E-state index is 0.0910. The summed E-state index contributed by atoms with van der Waals surface area (Å²) in [6.07, 6.45) is 3.83. The Morgan fingerprint density at radius 3 is 2.59 bits per heavy atom. The van der Waals surface area contributed by atoms with E-state index in [2.05, 4.69) is 5.32 Å². The van der Waals surface area contributed by atoms with E-state index in [-0.39, 0.29) is 24.3 Å². The standard InChI is InChI=1S/C22H24N2O3/c1-14-9-10-19(15(2)22(14)27-4)23-21(26)13-20-18-8-6-5-7-17(18)11-12-24(20)16(3)25/h5-12,20H,13H2,1-4H3,(H,23,26). The summed E-state index contributed by atoms with van der Waals surface area (Å²) in [6, 6.07) is 11.3. The lowest BCUT2D eigenvalue weighted by Gasteiger charge is -2.32. The van der Waals surface area contributed by atoms with Gasteiger partial charge in [0.05, 0.1) is 19.6 Å². The molecule has 1 aliphatic heterocycles. The summed E-state index contributed by atoms with van der Waals surface area (Å²) >= 11 is 0. The molecule has 27 heavy (non-hydrogen) atoms. The van der Waals surface area contributed by atoms with Crippen LogP contribution in [0.1, 0.15) is 41.6 Å². The fourth-order valence-electron chi connectivity index (χ4n) is 3.57. The highest BCUT2D eigenvalue weighted by Crippen LogP contribution is 2.34. The number of hydrogen-bond donors (Lipinski definition) is 1. The Morgan fingerprint density at radius 1 is 1.15 bits per heavy atom. The largest absolute Gasteiger partial charge is 0.496 e. The highest BCUT2D eigenvalue weighted by Gasteiger charge is 2.28. The number of rotatable bonds is 4. The van der Waals surface area contributed by atoms with Gasteiger partial charge in [-0.25, -0.2) is 0 Å². The van der Waals surface area contributed by atoms with E-state index in [9.17, 15) is 9.59 Å². The molecule has 5 heteroatoms. The molecule has 3 rings (SSSR count). The highest BCUT2D eigenvalue weighted by atomic mass is 16.5. The number of nitrogens with zero attached hydrogens (tertiary/aromatic N) is 1. The second kappa shape index (κ2) is 7.66. The van der Waals surface area contributed by atoms with Gasteiger partial charge < -0.3 is 15.0 Å². The second-order valence-electron chi connectivity index (χ2n) is 6.73. The molecule has 0 bridgehead atoms. The summed E-state index contributed by atoms with van der Waals surface area (Å²) in [7, 11) is 1.62. The van der Waals surface area contributed by atoms with E-state index in [1.165, 1.54) is 6.92 Å². The summed E-state index contributed by atoms with van der Waals surface area (Å²) in [5, 5.41) is 2.97. The van der Waals surface area contributed by atoms with E-state index >= 15 is 0 Å². The number of aryl methyl sites for hydroxylation is 1. The molecule has 1 aliphatic rings. The van der Waals surface area contributed by atoms with Gasteiger partial charge in [0.1, 0.15) is 5.75 Å². The molecule has 0 aromatic heterocycles. The van der Waals surface area contributed by atoms with Crippen molar-refractivity contribution in [3.8, 4) is 5.75 Å². The average molecular weight is 364 g/mol. The number of benzene rings is 2. The van der Waals surface area contributed by atoms with E-state index in [4.69, 9.17) is 4.74 Å². The number of carbonyl (C=O) groups excluding carboxylic acids is 2. The minimum Gasteiger partial charge on any atom is -0.496 e. The van der Waals surface area contributed by atoms with Crippen LogP contribution in [-0.4, -0.2) is 23.8 Å². The van der Waals surface area contributed by atoms with Crippen LogP contribution in [-0.2, 0) is 9.59 Å². The molecule has 1 unspecified atom stereocenters. The van der Waals surface area contributed by atoms with Crippen LogP contribution in [0.25, 0.3) is 6.08 Å². The molecule has 0 radical (unpaired) electrons. The Bertz CT molecular complexity index is 918. The Balaban J connectivity index is 1.84. The summed E-state index contributed by atoms with van der Waals surface area (Å²) in [5.74, 6) is 0.529. The summed E-state index contributed by atoms with van der Waals surface area (Å²) in [4.78, 5) is 26.5. The first-order valence-corrected chi connectivity index (χ1v) is 8.92. The number of carbonyl (C=O) groups is 2. The molecule has 2 aromatic rings. The van der Waals surface area contributed by atoms with E-state index in [1.54, 1.807) is 18.2 Å². The van der Waals surface area contributed by atoms with Crippen LogP contribution in [0.2, 0.25) is 0 Å². The maximum absolute atomic E-state index is 12.8. The predicted molar refractivity (Wildman–Crippen MR) is 106 cm³/mol. The zero-order valence-corrected chi connectivity index (χ0v) is 16.1. The van der Waals surface area contributed by atoms with Crippen LogP contribution in [0.5, 0.6) is 5.75 Å². The summed E-state index contributed by atoms with van der Waals surface area (Å²) in [6.45, 7) is 5.40. The van der Waals surface area contributed by atoms with Crippen molar-refractivity contribution in [2.45, 2.75) is 33.2 Å². The van der Waals surface area contributed by atoms with Crippen molar-refractivity contribution in [3.63, 3.8) is 0 Å². The quantitative estimate of drug-likeness (QED) is 0.884. The van der Waals surface area contributed by atoms with E-state index in [0.29, 0.717) is 0 Å². The molecule has 1 atom stereocenters. The normalized spacial score (nSPS) is 15.3. The van der Waals surface area contributed by atoms with Crippen molar-refractivity contribution in [3.05, 3.63) is 64.9 Å². The van der Waals surface area contributed by atoms with Gasteiger partial charge in [0, 0.05) is 24.4 Å². The van der Waals surface area contributed by atoms with Gasteiger partial charge >= 0.3 is 0 Å². The monoisotopic (exact) mass is 364 g/mol. The lowest BCUT2D eigenvalue weighted by molar-refractivity contribution is -0.129. The number of anilines is 1. The molecule has 0 saturated carbocycles. The fraction of sp³-hybridized carbons (Fsp3) is 0.273. The third-order valence-corrected chi connectivity index (χ3v) is 4.93. The predicted octanol–water partition coefficient (Wildman–Crippen LogP) is 4.21. The number of hydrogen-bond acceptors (Lipinski definition) is 3. The van der Waals surface area contributed by atoms with Crippen LogP contribution in [0, 0.1) is 13.8 Å². The maximum atomic E-state index is 12.8. The van der Waals surface area contributed by atoms with Crippen molar-refractivity contribution >= 4 is 23.6 Å². The SMILES string of the molecule is COc1c(C)ccc(NC(=O)CC2c3ccccc3C=CN2C(C)=O)c1C. The highest BCUT2D eigenvalue weighted by molar-refractivity contribution is 5.93. The van der Waals surface area contributed by atoms with Crippen molar-refractivity contribution in [2.75, 3.05) is 12.4 Å². The molecular weight excluding hydrogens is 340 g/mol. The Labute approximate surface area is 159 Å². The zero-order chi connectivity index (χ0) is 19.6. The van der Waals surface area contributed by atoms with Gasteiger partial charge in [-0.1, -0.05) is 30.3 Å². The molecule has 0 aliphatic carbocycles. The number of ether oxygens (including phenoxy) is 1. The van der Waals surface area contributed by atoms with Crippen molar-refractivity contribution in [1.29, 1.82) is 0 Å². The van der Waals surface area contributed by atoms with Crippen LogP contribution in [0.3, 0.4) is 0 Å². The number of methoxy groups -OCH3 is 1. The Hall–Kier alpha value is -3.08. The van der Waals surface area contributed by atoms with Crippen molar-refractivity contribution in [1.82, 2.24) is 4.90 Å². The molecule has 2 aromatic carbocycles. The van der Waals surface area contributed by atoms with Gasteiger partial charge in [0.15, 0.2) is 0 Å². The summed E-state index contributed by atoms with van der Waals surface area (Å²) < 4.78 is 5.43. The first-order chi connectivity index (χ1) is 12.9. The lowest BCUT2D eigenvalue weighted by Crippen LogP contribution is -2.33. The molecule has 5 nitrogen and oxygen atoms in total. The molecule has 2 amide bonds. The molecule has 0 fully saturated rings. The fourth-order valence-corrected chi connectivity index (χ4v) is 3.57. The van der Waals surface area contributed by atoms with Crippen molar-refractivity contribution < 1.29 is 14.3 Å². The van der Waals surface area contributed by atoms with Gasteiger partial charge in [0.25, 0.3) is 0 Å². The molecule has 0 saturated heterocycles. The maximum Gasteiger partial charge on any atom is 0.226 e. The van der Waals surface area contributed by atoms with E-state index < -0.39 is 0 Å². The zero-order valence-electron chi connectivity index (χ0n) is 16.1. The van der Waals surface area contributed by atoms with E-state index in [0.717, 1.165) is 33.7 Å². The molecule has 0 spiro atoms. The number of amides is 2. The van der Waals surface area contributed by atoms with Gasteiger partial charge in [0.2, 0.25) is 11.8 Å². The lowest BCUT2D eigenvalue weighted by atomic mass is 9.93. The van der Waals surface area contributed by atoms with Gasteiger partial charge in [-0.15, -0.1) is 0 Å². The first kappa shape index (κ1) is 18.7. The summed E-state index contributed by atoms with van der Waals surface area (Å²) in [5.41, 5.74) is 4.63. The molecule has 1 heterocycles. The number of nitrogens with one attached hydrogen (secondary N) is 1. The van der Waals surface area contributed by atoms with Crippen LogP contribution >= 0.6 is 0 Å². The molecule has 140 valence electrons. The Morgan fingerprint density at radius 2 is 1.89 bits per heavy atom. The van der Waals surface area contributed by atoms with Crippen LogP contribution in [0.4, 0.5) is 5.69 Å². The Kier molecular flexibility index (Phi) is 5.31. The average Bonchev–Trinajstić information content (AvgIpc) is 2.64. The minimum atomic E-state index is -0.323.